The Balaban J connectivity index is 0.00000338. The minimum Gasteiger partial charge on any atom is -0.381 e. The second kappa shape index (κ2) is 11.1. The van der Waals surface area contributed by atoms with E-state index in [0.717, 1.165) is 19.4 Å². The molecule has 0 saturated carbocycles. The molecule has 26 heavy (non-hydrogen) atoms. The number of rotatable bonds is 7. The number of nitrogens with zero attached hydrogens (tertiary/aromatic N) is 1. The van der Waals surface area contributed by atoms with E-state index in [1.807, 2.05) is 18.2 Å². The monoisotopic (exact) mass is 495 g/mol. The maximum absolute atomic E-state index is 12.3. The molecule has 0 radical (unpaired) electrons. The molecule has 0 spiro atoms. The third kappa shape index (κ3) is 6.70. The first-order valence-corrected chi connectivity index (χ1v) is 10.6. The van der Waals surface area contributed by atoms with Crippen LogP contribution < -0.4 is 10.6 Å². The van der Waals surface area contributed by atoms with Crippen LogP contribution in [-0.2, 0) is 21.0 Å². The zero-order valence-electron chi connectivity index (χ0n) is 15.5. The summed E-state index contributed by atoms with van der Waals surface area (Å²) < 4.78 is 29.1. The summed E-state index contributed by atoms with van der Waals surface area (Å²) in [6, 6.07) is 10.3. The molecule has 0 aromatic heterocycles. The minimum absolute atomic E-state index is 0. The Morgan fingerprint density at radius 1 is 1.19 bits per heavy atom. The molecule has 6 nitrogen and oxygen atoms in total. The Kier molecular flexibility index (Phi) is 9.88. The first kappa shape index (κ1) is 23.2. The fourth-order valence-electron chi connectivity index (χ4n) is 3.03. The number of sulfone groups is 1. The molecule has 1 heterocycles. The first-order chi connectivity index (χ1) is 12.0. The van der Waals surface area contributed by atoms with Crippen LogP contribution in [0.15, 0.2) is 35.3 Å². The summed E-state index contributed by atoms with van der Waals surface area (Å²) in [6.07, 6.45) is 4.33. The molecular formula is C18H30IN3O3S. The lowest BCUT2D eigenvalue weighted by Crippen LogP contribution is -2.53. The fraction of sp³-hybridized carbons (Fsp3) is 0.611. The molecule has 2 N–H and O–H groups in total. The average molecular weight is 495 g/mol. The molecule has 0 amide bonds. The first-order valence-electron chi connectivity index (χ1n) is 8.73. The second-order valence-corrected chi connectivity index (χ2v) is 8.92. The van der Waals surface area contributed by atoms with E-state index in [2.05, 4.69) is 27.8 Å². The van der Waals surface area contributed by atoms with Gasteiger partial charge in [-0.15, -0.1) is 24.0 Å². The average Bonchev–Trinajstić information content (AvgIpc) is 2.62. The molecule has 1 saturated heterocycles. The van der Waals surface area contributed by atoms with Crippen LogP contribution in [0, 0.1) is 0 Å². The van der Waals surface area contributed by atoms with E-state index in [4.69, 9.17) is 4.74 Å². The molecule has 0 aliphatic carbocycles. The van der Waals surface area contributed by atoms with Crippen LogP contribution in [0.25, 0.3) is 0 Å². The number of benzene rings is 1. The van der Waals surface area contributed by atoms with Gasteiger partial charge in [-0.05, 0) is 31.2 Å². The van der Waals surface area contributed by atoms with Crippen molar-refractivity contribution in [3.63, 3.8) is 0 Å². The van der Waals surface area contributed by atoms with E-state index in [1.54, 1.807) is 7.05 Å². The van der Waals surface area contributed by atoms with Crippen molar-refractivity contribution in [2.24, 2.45) is 4.99 Å². The second-order valence-electron chi connectivity index (χ2n) is 6.51. The Hall–Kier alpha value is -0.870. The molecule has 0 atom stereocenters. The topological polar surface area (TPSA) is 79.8 Å². The maximum Gasteiger partial charge on any atom is 0.191 e. The molecule has 2 rings (SSSR count). The number of halogens is 1. The molecule has 1 aromatic rings. The van der Waals surface area contributed by atoms with Gasteiger partial charge in [-0.25, -0.2) is 8.42 Å². The van der Waals surface area contributed by atoms with Crippen LogP contribution in [0.1, 0.15) is 24.8 Å². The van der Waals surface area contributed by atoms with Crippen LogP contribution in [0.5, 0.6) is 0 Å². The van der Waals surface area contributed by atoms with Gasteiger partial charge in [-0.1, -0.05) is 30.3 Å². The highest BCUT2D eigenvalue weighted by molar-refractivity contribution is 14.0. The number of ether oxygens (including phenoxy) is 1. The minimum atomic E-state index is -3.18. The predicted octanol–water partition coefficient (Wildman–Crippen LogP) is 2.00. The quantitative estimate of drug-likeness (QED) is 0.262. The maximum atomic E-state index is 12.3. The number of hydrogen-bond donors (Lipinski definition) is 2. The van der Waals surface area contributed by atoms with E-state index >= 15 is 0 Å². The highest BCUT2D eigenvalue weighted by atomic mass is 127. The Morgan fingerprint density at radius 3 is 2.42 bits per heavy atom. The normalized spacial score (nSPS) is 17.2. The summed E-state index contributed by atoms with van der Waals surface area (Å²) in [5.74, 6) is 0.641. The van der Waals surface area contributed by atoms with Gasteiger partial charge in [0.15, 0.2) is 15.8 Å². The lowest BCUT2D eigenvalue weighted by molar-refractivity contribution is 0.0756. The number of hydrogen-bond acceptors (Lipinski definition) is 4. The van der Waals surface area contributed by atoms with Crippen molar-refractivity contribution in [2.45, 2.75) is 30.4 Å². The molecule has 0 bridgehead atoms. The van der Waals surface area contributed by atoms with Gasteiger partial charge in [0.05, 0.1) is 4.75 Å². The molecule has 1 aliphatic rings. The molecule has 1 aromatic carbocycles. The summed E-state index contributed by atoms with van der Waals surface area (Å²) in [5.41, 5.74) is 1.31. The number of nitrogens with one attached hydrogen (secondary N) is 2. The van der Waals surface area contributed by atoms with E-state index in [0.29, 0.717) is 38.6 Å². The third-order valence-electron chi connectivity index (χ3n) is 4.77. The molecule has 1 aliphatic heterocycles. The summed E-state index contributed by atoms with van der Waals surface area (Å²) in [5, 5.41) is 6.45. The van der Waals surface area contributed by atoms with E-state index < -0.39 is 14.6 Å². The van der Waals surface area contributed by atoms with Gasteiger partial charge in [0.1, 0.15) is 0 Å². The SMILES string of the molecule is CN=C(NCCCc1ccccc1)NCC1(S(C)(=O)=O)CCOCC1.I. The number of aryl methyl sites for hydroxylation is 1. The summed E-state index contributed by atoms with van der Waals surface area (Å²) in [6.45, 7) is 2.10. The zero-order valence-corrected chi connectivity index (χ0v) is 18.7. The van der Waals surface area contributed by atoms with E-state index in [9.17, 15) is 8.42 Å². The smallest absolute Gasteiger partial charge is 0.191 e. The molecule has 148 valence electrons. The van der Waals surface area contributed by atoms with Crippen LogP contribution in [0.3, 0.4) is 0 Å². The van der Waals surface area contributed by atoms with Gasteiger partial charge in [0, 0.05) is 39.6 Å². The lowest BCUT2D eigenvalue weighted by Gasteiger charge is -2.35. The molecule has 8 heteroatoms. The van der Waals surface area contributed by atoms with Crippen molar-refractivity contribution in [3.8, 4) is 0 Å². The highest BCUT2D eigenvalue weighted by Crippen LogP contribution is 2.28. The van der Waals surface area contributed by atoms with Crippen molar-refractivity contribution < 1.29 is 13.2 Å². The standard InChI is InChI=1S/C18H29N3O3S.HI/c1-19-17(20-12-6-9-16-7-4-3-5-8-16)21-15-18(25(2,22)23)10-13-24-14-11-18;/h3-5,7-8H,6,9-15H2,1-2H3,(H2,19,20,21);1H. The number of guanidine groups is 1. The molecule has 0 unspecified atom stereocenters. The summed E-state index contributed by atoms with van der Waals surface area (Å²) in [7, 11) is -1.48. The fourth-order valence-corrected chi connectivity index (χ4v) is 4.27. The molecular weight excluding hydrogens is 465 g/mol. The van der Waals surface area contributed by atoms with Crippen molar-refractivity contribution >= 4 is 39.8 Å². The Bertz CT molecular complexity index is 660. The van der Waals surface area contributed by atoms with E-state index in [-0.39, 0.29) is 24.0 Å². The van der Waals surface area contributed by atoms with Crippen molar-refractivity contribution in [3.05, 3.63) is 35.9 Å². The van der Waals surface area contributed by atoms with Gasteiger partial charge in [0.25, 0.3) is 0 Å². The van der Waals surface area contributed by atoms with Gasteiger partial charge < -0.3 is 15.4 Å². The van der Waals surface area contributed by atoms with Gasteiger partial charge in [0.2, 0.25) is 0 Å². The van der Waals surface area contributed by atoms with Crippen LogP contribution in [-0.4, -0.2) is 58.7 Å². The molecule has 1 fully saturated rings. The highest BCUT2D eigenvalue weighted by Gasteiger charge is 2.42. The largest absolute Gasteiger partial charge is 0.381 e. The van der Waals surface area contributed by atoms with Crippen LogP contribution >= 0.6 is 24.0 Å². The van der Waals surface area contributed by atoms with Gasteiger partial charge >= 0.3 is 0 Å². The lowest BCUT2D eigenvalue weighted by atomic mass is 9.99. The third-order valence-corrected chi connectivity index (χ3v) is 6.90. The number of aliphatic imine (C=N–C) groups is 1. The van der Waals surface area contributed by atoms with Gasteiger partial charge in [-0.2, -0.15) is 0 Å². The van der Waals surface area contributed by atoms with Crippen LogP contribution in [0.4, 0.5) is 0 Å². The predicted molar refractivity (Wildman–Crippen MR) is 117 cm³/mol. The summed E-state index contributed by atoms with van der Waals surface area (Å²) >= 11 is 0. The Labute approximate surface area is 174 Å². The Morgan fingerprint density at radius 2 is 1.85 bits per heavy atom. The van der Waals surface area contributed by atoms with Crippen molar-refractivity contribution in [2.75, 3.05) is 39.6 Å². The zero-order chi connectivity index (χ0) is 18.2. The van der Waals surface area contributed by atoms with E-state index in [1.165, 1.54) is 11.8 Å². The van der Waals surface area contributed by atoms with Crippen molar-refractivity contribution in [1.29, 1.82) is 0 Å². The summed E-state index contributed by atoms with van der Waals surface area (Å²) in [4.78, 5) is 4.20. The van der Waals surface area contributed by atoms with Gasteiger partial charge in [-0.3, -0.25) is 4.99 Å². The van der Waals surface area contributed by atoms with Crippen LogP contribution in [0.2, 0.25) is 0 Å². The van der Waals surface area contributed by atoms with Crippen molar-refractivity contribution in [1.82, 2.24) is 10.6 Å².